The number of para-hydroxylation sites is 1. The Morgan fingerprint density at radius 2 is 2.11 bits per heavy atom. The van der Waals surface area contributed by atoms with Crippen LogP contribution in [0.3, 0.4) is 0 Å². The molecule has 0 atom stereocenters. The number of benzene rings is 1. The van der Waals surface area contributed by atoms with Crippen LogP contribution in [0, 0.1) is 6.92 Å². The molecule has 0 fully saturated rings. The van der Waals surface area contributed by atoms with Gasteiger partial charge in [0.25, 0.3) is 5.91 Å². The van der Waals surface area contributed by atoms with Crippen LogP contribution in [0.15, 0.2) is 34.9 Å². The fraction of sp³-hybridized carbons (Fsp3) is 0.286. The standard InChI is InChI=1S/C14H17N3O2/c1-10-8-13(19-16-10)14(18)15-12-7-5-4-6-11(12)9-17(2)3/h4-8H,9H2,1-3H3,(H,15,18). The highest BCUT2D eigenvalue weighted by Gasteiger charge is 2.13. The molecular formula is C14H17N3O2. The summed E-state index contributed by atoms with van der Waals surface area (Å²) in [5.74, 6) is -0.0658. The van der Waals surface area contributed by atoms with Crippen LogP contribution in [0.5, 0.6) is 0 Å². The van der Waals surface area contributed by atoms with Gasteiger partial charge in [0.1, 0.15) is 0 Å². The third kappa shape index (κ3) is 3.42. The van der Waals surface area contributed by atoms with Crippen molar-refractivity contribution < 1.29 is 9.32 Å². The largest absolute Gasteiger partial charge is 0.351 e. The Morgan fingerprint density at radius 1 is 1.37 bits per heavy atom. The van der Waals surface area contributed by atoms with E-state index in [0.717, 1.165) is 17.8 Å². The molecule has 0 bridgehead atoms. The molecule has 2 rings (SSSR count). The van der Waals surface area contributed by atoms with Gasteiger partial charge in [-0.3, -0.25) is 4.79 Å². The Balaban J connectivity index is 2.16. The molecule has 100 valence electrons. The molecule has 0 saturated carbocycles. The maximum atomic E-state index is 12.0. The lowest BCUT2D eigenvalue weighted by Gasteiger charge is -2.14. The molecule has 1 aromatic carbocycles. The molecule has 5 nitrogen and oxygen atoms in total. The van der Waals surface area contributed by atoms with E-state index in [2.05, 4.69) is 10.5 Å². The van der Waals surface area contributed by atoms with Crippen LogP contribution in [0.4, 0.5) is 5.69 Å². The summed E-state index contributed by atoms with van der Waals surface area (Å²) < 4.78 is 4.95. The summed E-state index contributed by atoms with van der Waals surface area (Å²) in [6.07, 6.45) is 0. The number of hydrogen-bond acceptors (Lipinski definition) is 4. The van der Waals surface area contributed by atoms with Crippen molar-refractivity contribution in [2.24, 2.45) is 0 Å². The molecule has 0 unspecified atom stereocenters. The van der Waals surface area contributed by atoms with Gasteiger partial charge < -0.3 is 14.7 Å². The molecule has 1 aromatic heterocycles. The second kappa shape index (κ2) is 5.67. The lowest BCUT2D eigenvalue weighted by molar-refractivity contribution is 0.0987. The molecule has 5 heteroatoms. The lowest BCUT2D eigenvalue weighted by atomic mass is 10.1. The third-order valence-electron chi connectivity index (χ3n) is 2.60. The van der Waals surface area contributed by atoms with Crippen LogP contribution in [0.2, 0.25) is 0 Å². The first kappa shape index (κ1) is 13.3. The summed E-state index contributed by atoms with van der Waals surface area (Å²) in [6.45, 7) is 2.53. The zero-order valence-electron chi connectivity index (χ0n) is 11.3. The van der Waals surface area contributed by atoms with Gasteiger partial charge >= 0.3 is 0 Å². The van der Waals surface area contributed by atoms with Gasteiger partial charge in [-0.25, -0.2) is 0 Å². The number of amides is 1. The van der Waals surface area contributed by atoms with Crippen molar-refractivity contribution >= 4 is 11.6 Å². The van der Waals surface area contributed by atoms with Gasteiger partial charge in [-0.2, -0.15) is 0 Å². The maximum Gasteiger partial charge on any atom is 0.294 e. The molecule has 19 heavy (non-hydrogen) atoms. The van der Waals surface area contributed by atoms with Crippen molar-refractivity contribution in [2.75, 3.05) is 19.4 Å². The van der Waals surface area contributed by atoms with Crippen molar-refractivity contribution in [1.29, 1.82) is 0 Å². The second-order valence-corrected chi connectivity index (χ2v) is 4.68. The predicted octanol–water partition coefficient (Wildman–Crippen LogP) is 2.30. The number of hydrogen-bond donors (Lipinski definition) is 1. The first-order valence-corrected chi connectivity index (χ1v) is 6.03. The molecule has 0 aliphatic heterocycles. The summed E-state index contributed by atoms with van der Waals surface area (Å²) in [4.78, 5) is 14.1. The number of aromatic nitrogens is 1. The molecule has 1 amide bonds. The SMILES string of the molecule is Cc1cc(C(=O)Nc2ccccc2CN(C)C)on1. The van der Waals surface area contributed by atoms with Crippen molar-refractivity contribution in [2.45, 2.75) is 13.5 Å². The van der Waals surface area contributed by atoms with Gasteiger partial charge in [-0.1, -0.05) is 23.4 Å². The van der Waals surface area contributed by atoms with E-state index in [0.29, 0.717) is 5.69 Å². The van der Waals surface area contributed by atoms with Gasteiger partial charge in [0, 0.05) is 18.3 Å². The monoisotopic (exact) mass is 259 g/mol. The van der Waals surface area contributed by atoms with Crippen LogP contribution in [-0.2, 0) is 6.54 Å². The van der Waals surface area contributed by atoms with E-state index in [1.54, 1.807) is 13.0 Å². The van der Waals surface area contributed by atoms with Crippen molar-refractivity contribution in [3.05, 3.63) is 47.3 Å². The Bertz CT molecular complexity index is 576. The normalized spacial score (nSPS) is 10.7. The zero-order chi connectivity index (χ0) is 13.8. The molecule has 0 aliphatic carbocycles. The minimum atomic E-state index is -0.285. The predicted molar refractivity (Wildman–Crippen MR) is 73.0 cm³/mol. The summed E-state index contributed by atoms with van der Waals surface area (Å²) >= 11 is 0. The summed E-state index contributed by atoms with van der Waals surface area (Å²) in [5.41, 5.74) is 2.53. The summed E-state index contributed by atoms with van der Waals surface area (Å²) in [5, 5.41) is 6.55. The Labute approximate surface area is 112 Å². The highest BCUT2D eigenvalue weighted by Crippen LogP contribution is 2.17. The quantitative estimate of drug-likeness (QED) is 0.915. The third-order valence-corrected chi connectivity index (χ3v) is 2.60. The summed E-state index contributed by atoms with van der Waals surface area (Å²) in [6, 6.07) is 9.32. The molecular weight excluding hydrogens is 242 g/mol. The van der Waals surface area contributed by atoms with E-state index in [9.17, 15) is 4.79 Å². The Kier molecular flexibility index (Phi) is 3.97. The maximum absolute atomic E-state index is 12.0. The average Bonchev–Trinajstić information content (AvgIpc) is 2.78. The number of nitrogens with one attached hydrogen (secondary N) is 1. The molecule has 0 radical (unpaired) electrons. The van der Waals surface area contributed by atoms with Gasteiger partial charge in [0.2, 0.25) is 5.76 Å². The van der Waals surface area contributed by atoms with Crippen LogP contribution >= 0.6 is 0 Å². The van der Waals surface area contributed by atoms with Gasteiger partial charge in [0.05, 0.1) is 5.69 Å². The van der Waals surface area contributed by atoms with E-state index in [4.69, 9.17) is 4.52 Å². The number of rotatable bonds is 4. The molecule has 0 spiro atoms. The van der Waals surface area contributed by atoms with E-state index >= 15 is 0 Å². The minimum absolute atomic E-state index is 0.220. The molecule has 0 saturated heterocycles. The van der Waals surface area contributed by atoms with Crippen LogP contribution < -0.4 is 5.32 Å². The van der Waals surface area contributed by atoms with Crippen molar-refractivity contribution in [3.8, 4) is 0 Å². The Hall–Kier alpha value is -2.14. The smallest absolute Gasteiger partial charge is 0.294 e. The molecule has 0 aliphatic rings. The number of carbonyl (C=O) groups excluding carboxylic acids is 1. The molecule has 1 heterocycles. The topological polar surface area (TPSA) is 58.4 Å². The average molecular weight is 259 g/mol. The minimum Gasteiger partial charge on any atom is -0.351 e. The number of carbonyl (C=O) groups is 1. The fourth-order valence-corrected chi connectivity index (χ4v) is 1.78. The van der Waals surface area contributed by atoms with Gasteiger partial charge in [0.15, 0.2) is 0 Å². The highest BCUT2D eigenvalue weighted by molar-refractivity contribution is 6.02. The van der Waals surface area contributed by atoms with Crippen molar-refractivity contribution in [3.63, 3.8) is 0 Å². The van der Waals surface area contributed by atoms with E-state index < -0.39 is 0 Å². The van der Waals surface area contributed by atoms with Crippen LogP contribution in [0.1, 0.15) is 21.8 Å². The van der Waals surface area contributed by atoms with Crippen LogP contribution in [-0.4, -0.2) is 30.1 Å². The Morgan fingerprint density at radius 3 is 2.74 bits per heavy atom. The lowest BCUT2D eigenvalue weighted by Crippen LogP contribution is -2.16. The van der Waals surface area contributed by atoms with Crippen LogP contribution in [0.25, 0.3) is 0 Å². The zero-order valence-corrected chi connectivity index (χ0v) is 11.3. The number of anilines is 1. The van der Waals surface area contributed by atoms with E-state index in [1.165, 1.54) is 0 Å². The molecule has 1 N–H and O–H groups in total. The van der Waals surface area contributed by atoms with Gasteiger partial charge in [-0.15, -0.1) is 0 Å². The highest BCUT2D eigenvalue weighted by atomic mass is 16.5. The number of aryl methyl sites for hydroxylation is 1. The fourth-order valence-electron chi connectivity index (χ4n) is 1.78. The first-order valence-electron chi connectivity index (χ1n) is 6.03. The second-order valence-electron chi connectivity index (χ2n) is 4.68. The van der Waals surface area contributed by atoms with E-state index in [-0.39, 0.29) is 11.7 Å². The van der Waals surface area contributed by atoms with Gasteiger partial charge in [-0.05, 0) is 32.6 Å². The van der Waals surface area contributed by atoms with E-state index in [1.807, 2.05) is 43.3 Å². The molecule has 2 aromatic rings. The summed E-state index contributed by atoms with van der Waals surface area (Å²) in [7, 11) is 3.97. The first-order chi connectivity index (χ1) is 9.06. The van der Waals surface area contributed by atoms with Crippen molar-refractivity contribution in [1.82, 2.24) is 10.1 Å². The number of nitrogens with zero attached hydrogens (tertiary/aromatic N) is 2.